The van der Waals surface area contributed by atoms with Gasteiger partial charge in [0.15, 0.2) is 17.4 Å². The Morgan fingerprint density at radius 2 is 2.06 bits per heavy atom. The maximum atomic E-state index is 13.8. The van der Waals surface area contributed by atoms with Gasteiger partial charge in [-0.25, -0.2) is 9.18 Å². The molecule has 1 aliphatic rings. The fourth-order valence-corrected chi connectivity index (χ4v) is 3.52. The summed E-state index contributed by atoms with van der Waals surface area (Å²) in [6, 6.07) is 10.2. The molecule has 0 aliphatic carbocycles. The van der Waals surface area contributed by atoms with E-state index >= 15 is 0 Å². The van der Waals surface area contributed by atoms with Gasteiger partial charge in [0.2, 0.25) is 5.91 Å². The van der Waals surface area contributed by atoms with Crippen LogP contribution >= 0.6 is 0 Å². The molecule has 184 valence electrons. The molecule has 2 aromatic carbocycles. The molecule has 35 heavy (non-hydrogen) atoms. The number of hydrogen-bond acceptors (Lipinski definition) is 8. The van der Waals surface area contributed by atoms with Crippen molar-refractivity contribution < 1.29 is 28.2 Å². The van der Waals surface area contributed by atoms with Gasteiger partial charge >= 0.3 is 5.97 Å². The first-order chi connectivity index (χ1) is 17.0. The van der Waals surface area contributed by atoms with Gasteiger partial charge < -0.3 is 24.9 Å². The summed E-state index contributed by atoms with van der Waals surface area (Å²) in [6.45, 7) is 1.88. The number of carboxylic acid groups (broad SMARTS) is 1. The fraction of sp³-hybridized carbons (Fsp3) is 0.333. The van der Waals surface area contributed by atoms with E-state index in [-0.39, 0.29) is 23.9 Å². The van der Waals surface area contributed by atoms with Gasteiger partial charge in [-0.3, -0.25) is 15.1 Å². The van der Waals surface area contributed by atoms with Crippen LogP contribution in [0.1, 0.15) is 24.8 Å². The molecule has 10 nitrogen and oxygen atoms in total. The first-order valence-electron chi connectivity index (χ1n) is 11.3. The second-order valence-corrected chi connectivity index (χ2v) is 8.00. The number of carbonyl (C=O) groups excluding carboxylic acids is 1. The Morgan fingerprint density at radius 3 is 2.77 bits per heavy atom. The number of aliphatic carboxylic acids is 1. The first kappa shape index (κ1) is 24.0. The molecular formula is C24H26FN5O5. The zero-order valence-corrected chi connectivity index (χ0v) is 18.9. The maximum absolute atomic E-state index is 13.8. The summed E-state index contributed by atoms with van der Waals surface area (Å²) in [7, 11) is 0. The van der Waals surface area contributed by atoms with Crippen LogP contribution in [0.5, 0.6) is 5.75 Å². The van der Waals surface area contributed by atoms with E-state index in [0.717, 1.165) is 18.5 Å². The van der Waals surface area contributed by atoms with Crippen molar-refractivity contribution >= 4 is 35.0 Å². The number of guanidine groups is 1. The van der Waals surface area contributed by atoms with Crippen LogP contribution < -0.4 is 20.7 Å². The van der Waals surface area contributed by atoms with E-state index in [9.17, 15) is 19.1 Å². The molecule has 0 fully saturated rings. The summed E-state index contributed by atoms with van der Waals surface area (Å²) in [5.74, 6) is -0.648. The highest BCUT2D eigenvalue weighted by molar-refractivity contribution is 5.97. The number of amides is 1. The number of halogens is 1. The van der Waals surface area contributed by atoms with Crippen LogP contribution in [0.3, 0.4) is 0 Å². The molecule has 0 saturated heterocycles. The Balaban J connectivity index is 1.24. The monoisotopic (exact) mass is 483 g/mol. The van der Waals surface area contributed by atoms with Crippen LogP contribution in [0.4, 0.5) is 10.4 Å². The standard InChI is InChI=1S/C24H26FN5O5/c25-17-4-1-5-18-21(17)35-24(28-18)29-19(22(32)33)14-15-7-9-16(10-8-15)34-13-2-6-20(31)30-23-26-11-3-12-27-23/h1,4-5,7-10,19H,2-3,6,11-14H2,(H,28,29)(H,32,33)(H2,26,27,30,31)/t19-/m0/s1. The molecule has 0 spiro atoms. The van der Waals surface area contributed by atoms with Gasteiger partial charge in [-0.1, -0.05) is 18.2 Å². The number of aliphatic imine (C=N–C) groups is 1. The van der Waals surface area contributed by atoms with E-state index in [4.69, 9.17) is 9.15 Å². The number of para-hydroxylation sites is 1. The minimum atomic E-state index is -1.10. The summed E-state index contributed by atoms with van der Waals surface area (Å²) < 4.78 is 24.8. The number of oxazole rings is 1. The van der Waals surface area contributed by atoms with E-state index < -0.39 is 17.8 Å². The van der Waals surface area contributed by atoms with Gasteiger partial charge in [0, 0.05) is 25.9 Å². The lowest BCUT2D eigenvalue weighted by atomic mass is 10.1. The number of carbonyl (C=O) groups is 2. The zero-order chi connectivity index (χ0) is 24.6. The Hall–Kier alpha value is -4.15. The molecule has 0 saturated carbocycles. The number of rotatable bonds is 10. The Kier molecular flexibility index (Phi) is 7.76. The lowest BCUT2D eigenvalue weighted by Crippen LogP contribution is -2.43. The molecule has 1 aliphatic heterocycles. The summed E-state index contributed by atoms with van der Waals surface area (Å²) >= 11 is 0. The molecule has 2 heterocycles. The Morgan fingerprint density at radius 1 is 1.23 bits per heavy atom. The van der Waals surface area contributed by atoms with Crippen molar-refractivity contribution in [2.45, 2.75) is 31.7 Å². The van der Waals surface area contributed by atoms with E-state index in [2.05, 4.69) is 25.9 Å². The lowest BCUT2D eigenvalue weighted by molar-refractivity contribution is -0.138. The van der Waals surface area contributed by atoms with E-state index in [1.54, 1.807) is 30.3 Å². The number of fused-ring (bicyclic) bond motifs is 1. The number of carboxylic acids is 1. The van der Waals surface area contributed by atoms with Crippen molar-refractivity contribution in [2.75, 3.05) is 25.0 Å². The second kappa shape index (κ2) is 11.3. The van der Waals surface area contributed by atoms with Gasteiger partial charge in [0.05, 0.1) is 6.61 Å². The topological polar surface area (TPSA) is 138 Å². The molecule has 0 bridgehead atoms. The van der Waals surface area contributed by atoms with E-state index in [1.807, 2.05) is 0 Å². The van der Waals surface area contributed by atoms with Crippen molar-refractivity contribution in [3.63, 3.8) is 0 Å². The molecule has 1 aromatic heterocycles. The van der Waals surface area contributed by atoms with Crippen LogP contribution in [-0.4, -0.2) is 53.7 Å². The van der Waals surface area contributed by atoms with Crippen molar-refractivity contribution in [3.05, 3.63) is 53.8 Å². The second-order valence-electron chi connectivity index (χ2n) is 8.00. The third-order valence-corrected chi connectivity index (χ3v) is 5.30. The largest absolute Gasteiger partial charge is 0.494 e. The Labute approximate surface area is 200 Å². The maximum Gasteiger partial charge on any atom is 0.326 e. The summed E-state index contributed by atoms with van der Waals surface area (Å²) in [4.78, 5) is 32.0. The van der Waals surface area contributed by atoms with E-state index in [1.165, 1.54) is 12.1 Å². The molecular weight excluding hydrogens is 457 g/mol. The number of aromatic nitrogens is 1. The Bertz CT molecular complexity index is 1210. The molecule has 0 radical (unpaired) electrons. The van der Waals surface area contributed by atoms with Gasteiger partial charge in [-0.05, 0) is 42.7 Å². The van der Waals surface area contributed by atoms with Crippen molar-refractivity contribution in [2.24, 2.45) is 4.99 Å². The van der Waals surface area contributed by atoms with Crippen LogP contribution in [0.25, 0.3) is 11.1 Å². The molecule has 3 aromatic rings. The highest BCUT2D eigenvalue weighted by atomic mass is 19.1. The average Bonchev–Trinajstić information content (AvgIpc) is 3.27. The van der Waals surface area contributed by atoms with Gasteiger partial charge in [0.25, 0.3) is 6.01 Å². The van der Waals surface area contributed by atoms with Crippen LogP contribution in [0.15, 0.2) is 51.9 Å². The lowest BCUT2D eigenvalue weighted by Gasteiger charge is -2.15. The summed E-state index contributed by atoms with van der Waals surface area (Å²) in [5, 5.41) is 18.1. The molecule has 4 N–H and O–H groups in total. The van der Waals surface area contributed by atoms with Crippen LogP contribution in [-0.2, 0) is 16.0 Å². The molecule has 1 amide bonds. The molecule has 1 atom stereocenters. The number of nitrogens with one attached hydrogen (secondary N) is 3. The fourth-order valence-electron chi connectivity index (χ4n) is 3.52. The predicted molar refractivity (Wildman–Crippen MR) is 127 cm³/mol. The highest BCUT2D eigenvalue weighted by Gasteiger charge is 2.21. The number of benzene rings is 2. The average molecular weight is 484 g/mol. The van der Waals surface area contributed by atoms with Crippen molar-refractivity contribution in [1.29, 1.82) is 0 Å². The smallest absolute Gasteiger partial charge is 0.326 e. The van der Waals surface area contributed by atoms with Gasteiger partial charge in [-0.2, -0.15) is 4.98 Å². The molecule has 0 unspecified atom stereocenters. The number of nitrogens with zero attached hydrogens (tertiary/aromatic N) is 2. The third-order valence-electron chi connectivity index (χ3n) is 5.30. The van der Waals surface area contributed by atoms with Crippen LogP contribution in [0, 0.1) is 5.82 Å². The number of ether oxygens (including phenoxy) is 1. The summed E-state index contributed by atoms with van der Waals surface area (Å²) in [6.07, 6.45) is 1.95. The molecule has 4 rings (SSSR count). The van der Waals surface area contributed by atoms with Gasteiger partial charge in [-0.15, -0.1) is 0 Å². The number of anilines is 1. The third kappa shape index (κ3) is 6.69. The normalized spacial score (nSPS) is 14.0. The highest BCUT2D eigenvalue weighted by Crippen LogP contribution is 2.23. The predicted octanol–water partition coefficient (Wildman–Crippen LogP) is 2.70. The zero-order valence-electron chi connectivity index (χ0n) is 18.9. The SMILES string of the molecule is O=C(CCCOc1ccc(C[C@H](Nc2nc3cccc(F)c3o2)C(=O)O)cc1)NC1=NCCCN1. The number of hydrogen-bond donors (Lipinski definition) is 4. The van der Waals surface area contributed by atoms with Crippen molar-refractivity contribution in [1.82, 2.24) is 15.6 Å². The van der Waals surface area contributed by atoms with E-state index in [0.29, 0.717) is 43.2 Å². The quantitative estimate of drug-likeness (QED) is 0.323. The minimum Gasteiger partial charge on any atom is -0.494 e. The van der Waals surface area contributed by atoms with Gasteiger partial charge in [0.1, 0.15) is 17.3 Å². The minimum absolute atomic E-state index is 0.0301. The first-order valence-corrected chi connectivity index (χ1v) is 11.3. The molecule has 11 heteroatoms. The van der Waals surface area contributed by atoms with Crippen molar-refractivity contribution in [3.8, 4) is 5.75 Å². The van der Waals surface area contributed by atoms with Crippen LogP contribution in [0.2, 0.25) is 0 Å². The summed E-state index contributed by atoms with van der Waals surface area (Å²) in [5.41, 5.74) is 1.02.